The molecular weight excluding hydrogens is 473 g/mol. The van der Waals surface area contributed by atoms with Crippen molar-refractivity contribution in [1.82, 2.24) is 14.9 Å². The molecule has 0 aliphatic carbocycles. The summed E-state index contributed by atoms with van der Waals surface area (Å²) in [5, 5.41) is 0. The van der Waals surface area contributed by atoms with Crippen molar-refractivity contribution >= 4 is 11.7 Å². The van der Waals surface area contributed by atoms with Gasteiger partial charge in [-0.15, -0.1) is 0 Å². The van der Waals surface area contributed by atoms with E-state index in [0.29, 0.717) is 60.4 Å². The van der Waals surface area contributed by atoms with Gasteiger partial charge in [0.15, 0.2) is 11.5 Å². The second kappa shape index (κ2) is 9.33. The predicted octanol–water partition coefficient (Wildman–Crippen LogP) is 4.39. The van der Waals surface area contributed by atoms with Crippen LogP contribution in [-0.2, 0) is 12.6 Å². The Labute approximate surface area is 206 Å². The lowest BCUT2D eigenvalue weighted by atomic mass is 10.0. The van der Waals surface area contributed by atoms with Gasteiger partial charge in [0.2, 0.25) is 6.79 Å². The number of halogens is 3. The molecule has 0 atom stereocenters. The van der Waals surface area contributed by atoms with Gasteiger partial charge >= 0.3 is 6.18 Å². The van der Waals surface area contributed by atoms with E-state index in [1.54, 1.807) is 36.1 Å². The highest BCUT2D eigenvalue weighted by Gasteiger charge is 2.31. The highest BCUT2D eigenvalue weighted by atomic mass is 19.4. The van der Waals surface area contributed by atoms with E-state index in [9.17, 15) is 18.0 Å². The van der Waals surface area contributed by atoms with Gasteiger partial charge in [-0.25, -0.2) is 9.97 Å². The van der Waals surface area contributed by atoms with Gasteiger partial charge in [0, 0.05) is 49.4 Å². The van der Waals surface area contributed by atoms with Crippen LogP contribution in [0.4, 0.5) is 19.0 Å². The molecule has 1 fully saturated rings. The molecule has 7 nitrogen and oxygen atoms in total. The first kappa shape index (κ1) is 23.9. The van der Waals surface area contributed by atoms with Crippen molar-refractivity contribution in [2.24, 2.45) is 0 Å². The number of nitrogens with zero attached hydrogens (tertiary/aromatic N) is 4. The molecule has 2 aromatic carbocycles. The second-order valence-electron chi connectivity index (χ2n) is 8.88. The number of carbonyl (C=O) groups excluding carboxylic acids is 1. The Morgan fingerprint density at radius 2 is 1.72 bits per heavy atom. The van der Waals surface area contributed by atoms with E-state index in [0.717, 1.165) is 17.3 Å². The lowest BCUT2D eigenvalue weighted by molar-refractivity contribution is -0.137. The van der Waals surface area contributed by atoms with Crippen LogP contribution in [0.25, 0.3) is 0 Å². The molecular formula is C26H25F3N4O3. The van der Waals surface area contributed by atoms with E-state index in [1.807, 2.05) is 6.92 Å². The van der Waals surface area contributed by atoms with Crippen molar-refractivity contribution in [2.75, 3.05) is 37.9 Å². The van der Waals surface area contributed by atoms with Crippen LogP contribution in [0.1, 0.15) is 38.6 Å². The molecule has 0 spiro atoms. The first-order valence-electron chi connectivity index (χ1n) is 11.6. The van der Waals surface area contributed by atoms with E-state index >= 15 is 0 Å². The minimum atomic E-state index is -4.40. The zero-order valence-electron chi connectivity index (χ0n) is 19.9. The summed E-state index contributed by atoms with van der Waals surface area (Å²) in [6.45, 7) is 5.84. The van der Waals surface area contributed by atoms with Crippen molar-refractivity contribution in [3.8, 4) is 11.5 Å². The molecule has 0 radical (unpaired) electrons. The number of rotatable bonds is 4. The Balaban J connectivity index is 1.33. The van der Waals surface area contributed by atoms with Crippen LogP contribution in [0.3, 0.4) is 0 Å². The molecule has 1 aromatic heterocycles. The van der Waals surface area contributed by atoms with Crippen LogP contribution >= 0.6 is 0 Å². The van der Waals surface area contributed by atoms with E-state index < -0.39 is 11.7 Å². The predicted molar refractivity (Wildman–Crippen MR) is 126 cm³/mol. The molecule has 0 saturated carbocycles. The number of aryl methyl sites for hydroxylation is 2. The van der Waals surface area contributed by atoms with E-state index in [2.05, 4.69) is 14.9 Å². The van der Waals surface area contributed by atoms with Crippen molar-refractivity contribution in [3.05, 3.63) is 76.2 Å². The van der Waals surface area contributed by atoms with Gasteiger partial charge < -0.3 is 19.3 Å². The Hall–Kier alpha value is -3.82. The number of ether oxygens (including phenoxy) is 2. The SMILES string of the molecule is Cc1nc(C)c(Cc2cccc(C(F)(F)F)c2)c(N2CCN(C(=O)c3ccc4c(c3)OCO4)CC2)n1. The minimum absolute atomic E-state index is 0.0906. The fourth-order valence-corrected chi connectivity index (χ4v) is 4.58. The third kappa shape index (κ3) is 4.80. The number of carbonyl (C=O) groups is 1. The quantitative estimate of drug-likeness (QED) is 0.532. The molecule has 3 heterocycles. The maximum Gasteiger partial charge on any atom is 0.416 e. The molecule has 3 aromatic rings. The van der Waals surface area contributed by atoms with Crippen LogP contribution < -0.4 is 14.4 Å². The number of anilines is 1. The van der Waals surface area contributed by atoms with Gasteiger partial charge in [0.05, 0.1) is 5.56 Å². The Bertz CT molecular complexity index is 1300. The number of fused-ring (bicyclic) bond motifs is 1. The van der Waals surface area contributed by atoms with Gasteiger partial charge in [-0.05, 0) is 43.7 Å². The largest absolute Gasteiger partial charge is 0.454 e. The molecule has 1 amide bonds. The third-order valence-corrected chi connectivity index (χ3v) is 6.43. The molecule has 10 heteroatoms. The maximum absolute atomic E-state index is 13.2. The molecule has 2 aliphatic heterocycles. The molecule has 0 unspecified atom stereocenters. The van der Waals surface area contributed by atoms with Gasteiger partial charge in [0.25, 0.3) is 5.91 Å². The zero-order chi connectivity index (χ0) is 25.4. The van der Waals surface area contributed by atoms with Crippen molar-refractivity contribution in [3.63, 3.8) is 0 Å². The lowest BCUT2D eigenvalue weighted by Crippen LogP contribution is -2.49. The number of alkyl halides is 3. The molecule has 0 bridgehead atoms. The van der Waals surface area contributed by atoms with Gasteiger partial charge in [0.1, 0.15) is 11.6 Å². The maximum atomic E-state index is 13.2. The van der Waals surface area contributed by atoms with Crippen LogP contribution in [0.5, 0.6) is 11.5 Å². The average Bonchev–Trinajstić information content (AvgIpc) is 3.33. The first-order valence-corrected chi connectivity index (χ1v) is 11.6. The minimum Gasteiger partial charge on any atom is -0.454 e. The van der Waals surface area contributed by atoms with Crippen molar-refractivity contribution in [1.29, 1.82) is 0 Å². The number of hydrogen-bond donors (Lipinski definition) is 0. The summed E-state index contributed by atoms with van der Waals surface area (Å²) in [5.74, 6) is 2.39. The van der Waals surface area contributed by atoms with Crippen LogP contribution in [0.15, 0.2) is 42.5 Å². The number of hydrogen-bond acceptors (Lipinski definition) is 6. The van der Waals surface area contributed by atoms with Gasteiger partial charge in [-0.1, -0.05) is 18.2 Å². The molecule has 2 aliphatic rings. The molecule has 36 heavy (non-hydrogen) atoms. The summed E-state index contributed by atoms with van der Waals surface area (Å²) in [6.07, 6.45) is -4.12. The highest BCUT2D eigenvalue weighted by Crippen LogP contribution is 2.34. The second-order valence-corrected chi connectivity index (χ2v) is 8.88. The summed E-state index contributed by atoms with van der Waals surface area (Å²) in [4.78, 5) is 26.0. The first-order chi connectivity index (χ1) is 17.2. The monoisotopic (exact) mass is 498 g/mol. The number of piperazine rings is 1. The Kier molecular flexibility index (Phi) is 6.19. The van der Waals surface area contributed by atoms with E-state index in [1.165, 1.54) is 12.1 Å². The lowest BCUT2D eigenvalue weighted by Gasteiger charge is -2.36. The number of amides is 1. The fourth-order valence-electron chi connectivity index (χ4n) is 4.58. The smallest absolute Gasteiger partial charge is 0.416 e. The molecule has 188 valence electrons. The Morgan fingerprint density at radius 3 is 2.47 bits per heavy atom. The number of benzene rings is 2. The standard InChI is InChI=1S/C26H25F3N4O3/c1-16-21(13-18-4-3-5-20(12-18)26(27,28)29)24(31-17(2)30-16)32-8-10-33(11-9-32)25(34)19-6-7-22-23(14-19)36-15-35-22/h3-7,12,14H,8-11,13,15H2,1-2H3. The summed E-state index contributed by atoms with van der Waals surface area (Å²) in [7, 11) is 0. The third-order valence-electron chi connectivity index (χ3n) is 6.43. The molecule has 5 rings (SSSR count). The number of aromatic nitrogens is 2. The van der Waals surface area contributed by atoms with Crippen LogP contribution in [-0.4, -0.2) is 53.7 Å². The summed E-state index contributed by atoms with van der Waals surface area (Å²) in [5.41, 5.74) is 1.91. The van der Waals surface area contributed by atoms with Crippen LogP contribution in [0, 0.1) is 13.8 Å². The topological polar surface area (TPSA) is 67.8 Å². The summed E-state index contributed by atoms with van der Waals surface area (Å²) >= 11 is 0. The highest BCUT2D eigenvalue weighted by molar-refractivity contribution is 5.95. The summed E-state index contributed by atoms with van der Waals surface area (Å²) in [6, 6.07) is 10.5. The Morgan fingerprint density at radius 1 is 0.972 bits per heavy atom. The van der Waals surface area contributed by atoms with Crippen LogP contribution in [0.2, 0.25) is 0 Å². The fraction of sp³-hybridized carbons (Fsp3) is 0.346. The molecule has 1 saturated heterocycles. The van der Waals surface area contributed by atoms with E-state index in [-0.39, 0.29) is 19.1 Å². The van der Waals surface area contributed by atoms with E-state index in [4.69, 9.17) is 9.47 Å². The normalized spacial score (nSPS) is 15.4. The van der Waals surface area contributed by atoms with Crippen molar-refractivity contribution in [2.45, 2.75) is 26.4 Å². The van der Waals surface area contributed by atoms with Gasteiger partial charge in [-0.3, -0.25) is 4.79 Å². The van der Waals surface area contributed by atoms with Gasteiger partial charge in [-0.2, -0.15) is 13.2 Å². The average molecular weight is 499 g/mol. The summed E-state index contributed by atoms with van der Waals surface area (Å²) < 4.78 is 50.4. The van der Waals surface area contributed by atoms with Crippen molar-refractivity contribution < 1.29 is 27.4 Å². The molecule has 0 N–H and O–H groups in total. The zero-order valence-corrected chi connectivity index (χ0v) is 19.9.